The second kappa shape index (κ2) is 9.64. The van der Waals surface area contributed by atoms with Crippen LogP contribution in [0.15, 0.2) is 73.2 Å². The summed E-state index contributed by atoms with van der Waals surface area (Å²) in [4.78, 5) is 30.2. The monoisotopic (exact) mass is 472 g/mol. The van der Waals surface area contributed by atoms with Crippen molar-refractivity contribution >= 4 is 28.9 Å². The van der Waals surface area contributed by atoms with Crippen molar-refractivity contribution < 1.29 is 18.7 Å². The molecule has 1 fully saturated rings. The van der Waals surface area contributed by atoms with Crippen LogP contribution in [0.25, 0.3) is 11.3 Å². The van der Waals surface area contributed by atoms with Crippen LogP contribution in [0.5, 0.6) is 11.5 Å². The molecule has 35 heavy (non-hydrogen) atoms. The van der Waals surface area contributed by atoms with E-state index >= 15 is 0 Å². The van der Waals surface area contributed by atoms with E-state index in [2.05, 4.69) is 25.8 Å². The zero-order chi connectivity index (χ0) is 24.2. The number of ketones is 1. The molecule has 1 aliphatic rings. The number of benzene rings is 2. The summed E-state index contributed by atoms with van der Waals surface area (Å²) in [5.74, 6) is -0.0237. The summed E-state index contributed by atoms with van der Waals surface area (Å²) in [7, 11) is 0. The quantitative estimate of drug-likeness (QED) is 0.371. The fraction of sp³-hybridized carbons (Fsp3) is 0.120. The maximum absolute atomic E-state index is 14.7. The van der Waals surface area contributed by atoms with E-state index in [1.54, 1.807) is 55.0 Å². The predicted molar refractivity (Wildman–Crippen MR) is 129 cm³/mol. The van der Waals surface area contributed by atoms with E-state index in [1.165, 1.54) is 12.1 Å². The van der Waals surface area contributed by atoms with Gasteiger partial charge in [-0.15, -0.1) is 0 Å². The highest BCUT2D eigenvalue weighted by Crippen LogP contribution is 2.29. The Hall–Kier alpha value is -4.73. The van der Waals surface area contributed by atoms with Crippen LogP contribution in [0.4, 0.5) is 26.2 Å². The molecule has 0 bridgehead atoms. The highest BCUT2D eigenvalue weighted by Gasteiger charge is 2.19. The summed E-state index contributed by atoms with van der Waals surface area (Å²) in [6, 6.07) is 14.2. The lowest BCUT2D eigenvalue weighted by Crippen LogP contribution is -2.21. The maximum atomic E-state index is 14.7. The molecule has 3 N–H and O–H groups in total. The van der Waals surface area contributed by atoms with E-state index in [9.17, 15) is 14.0 Å². The lowest BCUT2D eigenvalue weighted by molar-refractivity contribution is -0.116. The Balaban J connectivity index is 1.22. The molecule has 2 aromatic carbocycles. The van der Waals surface area contributed by atoms with E-state index < -0.39 is 11.8 Å². The van der Waals surface area contributed by atoms with Crippen LogP contribution in [0.3, 0.4) is 0 Å². The molecule has 0 spiro atoms. The lowest BCUT2D eigenvalue weighted by atomic mass is 10.2. The third-order valence-electron chi connectivity index (χ3n) is 5.44. The van der Waals surface area contributed by atoms with Crippen LogP contribution < -0.4 is 20.3 Å². The van der Waals surface area contributed by atoms with Gasteiger partial charge in [0, 0.05) is 60.1 Å². The maximum Gasteiger partial charge on any atom is 0.323 e. The molecule has 4 aromatic rings. The third kappa shape index (κ3) is 5.27. The number of rotatable bonds is 6. The molecule has 2 amide bonds. The fourth-order valence-corrected chi connectivity index (χ4v) is 3.74. The van der Waals surface area contributed by atoms with Gasteiger partial charge in [-0.25, -0.2) is 9.18 Å². The smallest absolute Gasteiger partial charge is 0.323 e. The Kier molecular flexibility index (Phi) is 6.08. The van der Waals surface area contributed by atoms with Crippen LogP contribution in [0, 0.1) is 5.82 Å². The Bertz CT molecular complexity index is 1380. The number of hydrogen-bond acceptors (Lipinski definition) is 6. The number of anilines is 3. The van der Waals surface area contributed by atoms with E-state index in [4.69, 9.17) is 4.74 Å². The normalized spacial score (nSPS) is 13.1. The summed E-state index contributed by atoms with van der Waals surface area (Å²) in [5, 5.41) is 11.9. The highest BCUT2D eigenvalue weighted by atomic mass is 19.1. The largest absolute Gasteiger partial charge is 0.454 e. The number of aromatic amines is 1. The zero-order valence-electron chi connectivity index (χ0n) is 18.5. The molecule has 1 aliphatic heterocycles. The van der Waals surface area contributed by atoms with Crippen LogP contribution in [0.2, 0.25) is 0 Å². The van der Waals surface area contributed by atoms with Crippen LogP contribution in [0.1, 0.15) is 6.42 Å². The van der Waals surface area contributed by atoms with Crippen molar-refractivity contribution in [3.63, 3.8) is 0 Å². The molecule has 0 radical (unpaired) electrons. The first-order valence-electron chi connectivity index (χ1n) is 10.9. The molecule has 1 saturated heterocycles. The van der Waals surface area contributed by atoms with Gasteiger partial charge in [0.1, 0.15) is 5.75 Å². The standard InChI is InChI=1S/C25H21FN6O3/c26-22-11-18(4-5-24(22)35-21-6-8-27-23(12-21)16-13-28-29-14-16)31-25(34)30-17-2-1-3-19(10-17)32-9-7-20(33)15-32/h1-6,8,10-14H,7,9,15H2,(H,28,29)(H2,30,31,34). The molecule has 10 heteroatoms. The zero-order valence-corrected chi connectivity index (χ0v) is 18.5. The molecule has 0 saturated carbocycles. The summed E-state index contributed by atoms with van der Waals surface area (Å²) < 4.78 is 20.4. The molecular weight excluding hydrogens is 451 g/mol. The summed E-state index contributed by atoms with van der Waals surface area (Å²) in [6.07, 6.45) is 5.41. The Labute approximate surface area is 200 Å². The fourth-order valence-electron chi connectivity index (χ4n) is 3.74. The van der Waals surface area contributed by atoms with Gasteiger partial charge in [0.15, 0.2) is 17.3 Å². The van der Waals surface area contributed by atoms with Crippen molar-refractivity contribution in [1.82, 2.24) is 15.2 Å². The SMILES string of the molecule is O=C1CCN(c2cccc(NC(=O)Nc3ccc(Oc4ccnc(-c5cn[nH]c5)c4)c(F)c3)c2)C1. The van der Waals surface area contributed by atoms with Crippen molar-refractivity contribution in [2.45, 2.75) is 6.42 Å². The molecule has 176 valence electrons. The summed E-state index contributed by atoms with van der Waals surface area (Å²) in [6.45, 7) is 1.03. The number of aromatic nitrogens is 3. The second-order valence-electron chi connectivity index (χ2n) is 7.95. The van der Waals surface area contributed by atoms with Gasteiger partial charge < -0.3 is 20.3 Å². The molecule has 2 aromatic heterocycles. The van der Waals surface area contributed by atoms with Crippen LogP contribution >= 0.6 is 0 Å². The van der Waals surface area contributed by atoms with Gasteiger partial charge in [0.05, 0.1) is 18.4 Å². The molecule has 0 atom stereocenters. The average molecular weight is 472 g/mol. The van der Waals surface area contributed by atoms with Gasteiger partial charge in [0.2, 0.25) is 0 Å². The molecule has 3 heterocycles. The van der Waals surface area contributed by atoms with Gasteiger partial charge in [-0.1, -0.05) is 6.07 Å². The number of urea groups is 1. The number of ether oxygens (including phenoxy) is 1. The number of halogens is 1. The van der Waals surface area contributed by atoms with Crippen molar-refractivity contribution in [1.29, 1.82) is 0 Å². The van der Waals surface area contributed by atoms with E-state index in [0.717, 1.165) is 11.3 Å². The third-order valence-corrected chi connectivity index (χ3v) is 5.44. The second-order valence-corrected chi connectivity index (χ2v) is 7.95. The number of nitrogens with zero attached hydrogens (tertiary/aromatic N) is 3. The molecule has 9 nitrogen and oxygen atoms in total. The number of amides is 2. The van der Waals surface area contributed by atoms with Gasteiger partial charge in [-0.2, -0.15) is 5.10 Å². The average Bonchev–Trinajstić information content (AvgIpc) is 3.53. The molecular formula is C25H21FN6O3. The minimum Gasteiger partial charge on any atom is -0.454 e. The van der Waals surface area contributed by atoms with E-state index in [0.29, 0.717) is 36.6 Å². The lowest BCUT2D eigenvalue weighted by Gasteiger charge is -2.17. The van der Waals surface area contributed by atoms with E-state index in [-0.39, 0.29) is 17.2 Å². The predicted octanol–water partition coefficient (Wildman–Crippen LogP) is 4.83. The van der Waals surface area contributed by atoms with Gasteiger partial charge >= 0.3 is 6.03 Å². The molecule has 0 aliphatic carbocycles. The van der Waals surface area contributed by atoms with Crippen molar-refractivity contribution in [2.75, 3.05) is 28.6 Å². The number of carbonyl (C=O) groups excluding carboxylic acids is 2. The van der Waals surface area contributed by atoms with Crippen molar-refractivity contribution in [3.8, 4) is 22.8 Å². The Morgan fingerprint density at radius 2 is 1.94 bits per heavy atom. The van der Waals surface area contributed by atoms with Gasteiger partial charge in [0.25, 0.3) is 0 Å². The Morgan fingerprint density at radius 3 is 2.69 bits per heavy atom. The Morgan fingerprint density at radius 1 is 1.09 bits per heavy atom. The van der Waals surface area contributed by atoms with Crippen LogP contribution in [-0.4, -0.2) is 40.1 Å². The van der Waals surface area contributed by atoms with Crippen molar-refractivity contribution in [3.05, 3.63) is 79.0 Å². The van der Waals surface area contributed by atoms with Gasteiger partial charge in [-0.3, -0.25) is 14.9 Å². The topological polar surface area (TPSA) is 112 Å². The summed E-state index contributed by atoms with van der Waals surface area (Å²) >= 11 is 0. The number of nitrogens with one attached hydrogen (secondary N) is 3. The van der Waals surface area contributed by atoms with Crippen molar-refractivity contribution in [2.24, 2.45) is 0 Å². The minimum atomic E-state index is -0.634. The number of H-pyrrole nitrogens is 1. The first-order valence-corrected chi connectivity index (χ1v) is 10.9. The van der Waals surface area contributed by atoms with Gasteiger partial charge in [-0.05, 0) is 36.4 Å². The summed E-state index contributed by atoms with van der Waals surface area (Å²) in [5.41, 5.74) is 3.09. The number of pyridine rings is 1. The van der Waals surface area contributed by atoms with Crippen LogP contribution in [-0.2, 0) is 4.79 Å². The highest BCUT2D eigenvalue weighted by molar-refractivity contribution is 6.00. The number of Topliss-reactive ketones (excluding diaryl/α,β-unsaturated/α-hetero) is 1. The van der Waals surface area contributed by atoms with E-state index in [1.807, 2.05) is 11.0 Å². The minimum absolute atomic E-state index is 0.00756. The number of hydrogen-bond donors (Lipinski definition) is 3. The molecule has 0 unspecified atom stereocenters. The number of carbonyl (C=O) groups is 2. The first-order chi connectivity index (χ1) is 17.0. The molecule has 5 rings (SSSR count). The first kappa shape index (κ1) is 22.1.